The summed E-state index contributed by atoms with van der Waals surface area (Å²) in [5.74, 6) is 0. The minimum Gasteiger partial charge on any atom is -0.399 e. The molecule has 1 aliphatic rings. The molecule has 2 nitrogen and oxygen atoms in total. The zero-order valence-corrected chi connectivity index (χ0v) is 9.88. The number of fused-ring (bicyclic) bond motifs is 1. The van der Waals surface area contributed by atoms with Crippen molar-refractivity contribution >= 4 is 11.4 Å². The molecule has 0 spiro atoms. The number of hydrogen-bond acceptors (Lipinski definition) is 2. The molecule has 15 heavy (non-hydrogen) atoms. The minimum absolute atomic E-state index is 0.200. The second kappa shape index (κ2) is 3.44. The van der Waals surface area contributed by atoms with E-state index in [-0.39, 0.29) is 5.54 Å². The Balaban J connectivity index is 2.43. The van der Waals surface area contributed by atoms with Gasteiger partial charge in [0.1, 0.15) is 0 Å². The molecule has 0 saturated carbocycles. The maximum absolute atomic E-state index is 5.82. The number of nitrogen functional groups attached to an aromatic ring is 1. The number of benzene rings is 1. The molecular weight excluding hydrogens is 184 g/mol. The van der Waals surface area contributed by atoms with E-state index >= 15 is 0 Å². The Bertz CT molecular complexity index is 363. The van der Waals surface area contributed by atoms with Gasteiger partial charge in [-0.1, -0.05) is 0 Å². The van der Waals surface area contributed by atoms with Crippen molar-refractivity contribution in [3.8, 4) is 0 Å². The van der Waals surface area contributed by atoms with E-state index in [1.165, 1.54) is 17.7 Å². The third-order valence-electron chi connectivity index (χ3n) is 3.03. The van der Waals surface area contributed by atoms with Crippen molar-refractivity contribution in [1.29, 1.82) is 0 Å². The second-order valence-electron chi connectivity index (χ2n) is 5.31. The number of hydrogen-bond donors (Lipinski definition) is 1. The number of rotatable bonds is 0. The SMILES string of the molecule is CC(C)(C)N1CCCc2cc(N)ccc21. The molecule has 0 unspecified atom stereocenters. The van der Waals surface area contributed by atoms with Gasteiger partial charge in [-0.15, -0.1) is 0 Å². The van der Waals surface area contributed by atoms with E-state index in [2.05, 4.69) is 37.8 Å². The fourth-order valence-electron chi connectivity index (χ4n) is 2.31. The molecule has 2 N–H and O–H groups in total. The van der Waals surface area contributed by atoms with E-state index in [4.69, 9.17) is 5.73 Å². The molecule has 0 bridgehead atoms. The van der Waals surface area contributed by atoms with Gasteiger partial charge >= 0.3 is 0 Å². The van der Waals surface area contributed by atoms with Crippen molar-refractivity contribution in [2.24, 2.45) is 0 Å². The summed E-state index contributed by atoms with van der Waals surface area (Å²) in [5, 5.41) is 0. The van der Waals surface area contributed by atoms with E-state index in [1.54, 1.807) is 0 Å². The largest absolute Gasteiger partial charge is 0.399 e. The van der Waals surface area contributed by atoms with E-state index in [0.29, 0.717) is 0 Å². The van der Waals surface area contributed by atoms with Gasteiger partial charge in [0.2, 0.25) is 0 Å². The van der Waals surface area contributed by atoms with Gasteiger partial charge in [0, 0.05) is 23.5 Å². The third kappa shape index (κ3) is 1.94. The maximum Gasteiger partial charge on any atom is 0.0404 e. The van der Waals surface area contributed by atoms with Crippen LogP contribution in [0.15, 0.2) is 18.2 Å². The van der Waals surface area contributed by atoms with Gasteiger partial charge in [-0.25, -0.2) is 0 Å². The number of anilines is 2. The summed E-state index contributed by atoms with van der Waals surface area (Å²) < 4.78 is 0. The van der Waals surface area contributed by atoms with Gasteiger partial charge in [0.05, 0.1) is 0 Å². The topological polar surface area (TPSA) is 29.3 Å². The molecular formula is C13H20N2. The van der Waals surface area contributed by atoms with Crippen LogP contribution in [0.5, 0.6) is 0 Å². The lowest BCUT2D eigenvalue weighted by atomic mass is 9.95. The first-order chi connectivity index (χ1) is 6.98. The van der Waals surface area contributed by atoms with E-state index in [1.807, 2.05) is 6.07 Å². The van der Waals surface area contributed by atoms with Gasteiger partial charge in [-0.2, -0.15) is 0 Å². The molecule has 0 amide bonds. The lowest BCUT2D eigenvalue weighted by Gasteiger charge is -2.41. The van der Waals surface area contributed by atoms with Crippen molar-refractivity contribution in [2.75, 3.05) is 17.2 Å². The van der Waals surface area contributed by atoms with Crippen molar-refractivity contribution in [3.63, 3.8) is 0 Å². The predicted octanol–water partition coefficient (Wildman–Crippen LogP) is 2.82. The van der Waals surface area contributed by atoms with Crippen LogP contribution < -0.4 is 10.6 Å². The Morgan fingerprint density at radius 3 is 2.67 bits per heavy atom. The van der Waals surface area contributed by atoms with E-state index in [0.717, 1.165) is 18.7 Å². The molecule has 2 rings (SSSR count). The highest BCUT2D eigenvalue weighted by atomic mass is 15.2. The van der Waals surface area contributed by atoms with Gasteiger partial charge in [0.25, 0.3) is 0 Å². The average Bonchev–Trinajstić information content (AvgIpc) is 2.15. The van der Waals surface area contributed by atoms with Crippen molar-refractivity contribution in [2.45, 2.75) is 39.2 Å². The summed E-state index contributed by atoms with van der Waals surface area (Å²) in [7, 11) is 0. The Labute approximate surface area is 92.1 Å². The molecule has 0 aromatic heterocycles. The smallest absolute Gasteiger partial charge is 0.0404 e. The zero-order valence-electron chi connectivity index (χ0n) is 9.88. The predicted molar refractivity (Wildman–Crippen MR) is 66.3 cm³/mol. The van der Waals surface area contributed by atoms with Gasteiger partial charge in [-0.05, 0) is 57.4 Å². The first-order valence-electron chi connectivity index (χ1n) is 5.64. The Hall–Kier alpha value is -1.18. The first kappa shape index (κ1) is 10.3. The Kier molecular flexibility index (Phi) is 2.37. The Morgan fingerprint density at radius 1 is 1.27 bits per heavy atom. The minimum atomic E-state index is 0.200. The highest BCUT2D eigenvalue weighted by molar-refractivity contribution is 5.62. The lowest BCUT2D eigenvalue weighted by Crippen LogP contribution is -2.44. The summed E-state index contributed by atoms with van der Waals surface area (Å²) >= 11 is 0. The molecule has 1 aromatic rings. The van der Waals surface area contributed by atoms with Crippen molar-refractivity contribution in [1.82, 2.24) is 0 Å². The fourth-order valence-corrected chi connectivity index (χ4v) is 2.31. The summed E-state index contributed by atoms with van der Waals surface area (Å²) in [6, 6.07) is 6.28. The zero-order chi connectivity index (χ0) is 11.1. The molecule has 2 heteroatoms. The Morgan fingerprint density at radius 2 is 2.00 bits per heavy atom. The van der Waals surface area contributed by atoms with Crippen LogP contribution in [0.3, 0.4) is 0 Å². The molecule has 82 valence electrons. The van der Waals surface area contributed by atoms with Crippen LogP contribution in [0.1, 0.15) is 32.8 Å². The summed E-state index contributed by atoms with van der Waals surface area (Å²) in [4.78, 5) is 2.48. The lowest BCUT2D eigenvalue weighted by molar-refractivity contribution is 0.483. The average molecular weight is 204 g/mol. The molecule has 1 aliphatic heterocycles. The van der Waals surface area contributed by atoms with Crippen LogP contribution in [0.4, 0.5) is 11.4 Å². The summed E-state index contributed by atoms with van der Waals surface area (Å²) in [5.41, 5.74) is 9.66. The summed E-state index contributed by atoms with van der Waals surface area (Å²) in [6.45, 7) is 7.94. The van der Waals surface area contributed by atoms with Crippen LogP contribution in [-0.4, -0.2) is 12.1 Å². The van der Waals surface area contributed by atoms with Crippen LogP contribution in [-0.2, 0) is 6.42 Å². The van der Waals surface area contributed by atoms with Crippen molar-refractivity contribution in [3.05, 3.63) is 23.8 Å². The summed E-state index contributed by atoms with van der Waals surface area (Å²) in [6.07, 6.45) is 2.39. The van der Waals surface area contributed by atoms with Gasteiger partial charge in [-0.3, -0.25) is 0 Å². The maximum atomic E-state index is 5.82. The molecule has 0 atom stereocenters. The highest BCUT2D eigenvalue weighted by Crippen LogP contribution is 2.33. The standard InChI is InChI=1S/C13H20N2/c1-13(2,3)15-8-4-5-10-9-11(14)6-7-12(10)15/h6-7,9H,4-5,8,14H2,1-3H3. The normalized spacial score (nSPS) is 16.3. The molecule has 1 heterocycles. The first-order valence-corrected chi connectivity index (χ1v) is 5.64. The molecule has 1 aromatic carbocycles. The third-order valence-corrected chi connectivity index (χ3v) is 3.03. The molecule has 0 aliphatic carbocycles. The number of nitrogens with zero attached hydrogens (tertiary/aromatic N) is 1. The van der Waals surface area contributed by atoms with Gasteiger partial charge < -0.3 is 10.6 Å². The number of aryl methyl sites for hydroxylation is 1. The monoisotopic (exact) mass is 204 g/mol. The quantitative estimate of drug-likeness (QED) is 0.658. The molecule has 0 radical (unpaired) electrons. The van der Waals surface area contributed by atoms with Gasteiger partial charge in [0.15, 0.2) is 0 Å². The van der Waals surface area contributed by atoms with E-state index < -0.39 is 0 Å². The van der Waals surface area contributed by atoms with Crippen molar-refractivity contribution < 1.29 is 0 Å². The van der Waals surface area contributed by atoms with E-state index in [9.17, 15) is 0 Å². The number of nitrogens with two attached hydrogens (primary N) is 1. The molecule has 0 fully saturated rings. The molecule has 0 saturated heterocycles. The van der Waals surface area contributed by atoms with Crippen LogP contribution in [0.25, 0.3) is 0 Å². The van der Waals surface area contributed by atoms with Crippen LogP contribution >= 0.6 is 0 Å². The fraction of sp³-hybridized carbons (Fsp3) is 0.538. The second-order valence-corrected chi connectivity index (χ2v) is 5.31. The van der Waals surface area contributed by atoms with Crippen LogP contribution in [0, 0.1) is 0 Å². The highest BCUT2D eigenvalue weighted by Gasteiger charge is 2.26. The van der Waals surface area contributed by atoms with Crippen LogP contribution in [0.2, 0.25) is 0 Å².